The summed E-state index contributed by atoms with van der Waals surface area (Å²) in [6.07, 6.45) is 0. The molecular formula is C20H17N3O6S. The molecule has 1 amide bonds. The molecule has 0 saturated heterocycles. The van der Waals surface area contributed by atoms with Crippen LogP contribution in [-0.2, 0) is 10.0 Å². The number of nitro benzene ring substituents is 1. The van der Waals surface area contributed by atoms with E-state index < -0.39 is 20.9 Å². The average Bonchev–Trinajstić information content (AvgIpc) is 2.74. The lowest BCUT2D eigenvalue weighted by molar-refractivity contribution is -0.384. The Kier molecular flexibility index (Phi) is 5.98. The van der Waals surface area contributed by atoms with Gasteiger partial charge in [0.1, 0.15) is 5.75 Å². The van der Waals surface area contributed by atoms with Crippen LogP contribution in [0.1, 0.15) is 10.4 Å². The predicted molar refractivity (Wildman–Crippen MR) is 111 cm³/mol. The number of anilines is 2. The summed E-state index contributed by atoms with van der Waals surface area (Å²) in [5, 5.41) is 13.4. The standard InChI is InChI=1S/C20H17N3O6S/c1-29-19-8-3-2-7-18(19)22-30(27,28)17-11-9-15(10-12-17)21-20(24)14-5-4-6-16(13-14)23(25)26/h2-13,22H,1H3,(H,21,24). The van der Waals surface area contributed by atoms with E-state index in [1.165, 1.54) is 49.6 Å². The number of non-ortho nitro benzene ring substituents is 1. The summed E-state index contributed by atoms with van der Waals surface area (Å²) in [5.74, 6) is -0.177. The first-order chi connectivity index (χ1) is 14.3. The fraction of sp³-hybridized carbons (Fsp3) is 0.0500. The first-order valence-electron chi connectivity index (χ1n) is 8.62. The van der Waals surface area contributed by atoms with Crippen LogP contribution in [0.25, 0.3) is 0 Å². The Hall–Kier alpha value is -3.92. The number of rotatable bonds is 7. The number of carbonyl (C=O) groups is 1. The summed E-state index contributed by atoms with van der Waals surface area (Å²) >= 11 is 0. The first kappa shape index (κ1) is 20.8. The number of nitrogens with zero attached hydrogens (tertiary/aromatic N) is 1. The molecule has 0 spiro atoms. The van der Waals surface area contributed by atoms with Crippen molar-refractivity contribution in [3.8, 4) is 5.75 Å². The number of amides is 1. The van der Waals surface area contributed by atoms with Crippen molar-refractivity contribution in [2.75, 3.05) is 17.1 Å². The van der Waals surface area contributed by atoms with E-state index in [1.807, 2.05) is 0 Å². The summed E-state index contributed by atoms with van der Waals surface area (Å²) in [5.41, 5.74) is 0.538. The zero-order chi connectivity index (χ0) is 21.7. The molecule has 9 nitrogen and oxygen atoms in total. The third-order valence-corrected chi connectivity index (χ3v) is 5.47. The molecule has 0 aliphatic heterocycles. The molecule has 2 N–H and O–H groups in total. The van der Waals surface area contributed by atoms with E-state index in [1.54, 1.807) is 24.3 Å². The first-order valence-corrected chi connectivity index (χ1v) is 10.1. The van der Waals surface area contributed by atoms with Gasteiger partial charge in [-0.2, -0.15) is 0 Å². The van der Waals surface area contributed by atoms with Crippen LogP contribution in [0.5, 0.6) is 5.75 Å². The van der Waals surface area contributed by atoms with Gasteiger partial charge in [-0.15, -0.1) is 0 Å². The highest BCUT2D eigenvalue weighted by Crippen LogP contribution is 2.26. The molecule has 30 heavy (non-hydrogen) atoms. The van der Waals surface area contributed by atoms with Gasteiger partial charge in [-0.05, 0) is 42.5 Å². The number of carbonyl (C=O) groups excluding carboxylic acids is 1. The largest absolute Gasteiger partial charge is 0.495 e. The van der Waals surface area contributed by atoms with Crippen molar-refractivity contribution in [3.05, 3.63) is 88.5 Å². The lowest BCUT2D eigenvalue weighted by Gasteiger charge is -2.12. The molecule has 0 aliphatic rings. The Morgan fingerprint density at radius 3 is 2.37 bits per heavy atom. The number of para-hydroxylation sites is 2. The Morgan fingerprint density at radius 1 is 1.00 bits per heavy atom. The summed E-state index contributed by atoms with van der Waals surface area (Å²) in [7, 11) is -2.44. The van der Waals surface area contributed by atoms with E-state index in [2.05, 4.69) is 10.0 Å². The summed E-state index contributed by atoms with van der Waals surface area (Å²) in [6.45, 7) is 0. The molecule has 3 aromatic carbocycles. The highest BCUT2D eigenvalue weighted by Gasteiger charge is 2.17. The quantitative estimate of drug-likeness (QED) is 0.437. The number of ether oxygens (including phenoxy) is 1. The van der Waals surface area contributed by atoms with Gasteiger partial charge in [-0.25, -0.2) is 8.42 Å². The number of nitro groups is 1. The lowest BCUT2D eigenvalue weighted by atomic mass is 10.2. The van der Waals surface area contributed by atoms with Gasteiger partial charge in [0.2, 0.25) is 0 Å². The zero-order valence-corrected chi connectivity index (χ0v) is 16.5. The molecule has 0 heterocycles. The van der Waals surface area contributed by atoms with Gasteiger partial charge in [0.05, 0.1) is 22.6 Å². The number of methoxy groups -OCH3 is 1. The minimum atomic E-state index is -3.88. The maximum absolute atomic E-state index is 12.6. The van der Waals surface area contributed by atoms with Crippen LogP contribution < -0.4 is 14.8 Å². The minimum absolute atomic E-state index is 0.0123. The number of benzene rings is 3. The van der Waals surface area contributed by atoms with E-state index in [0.29, 0.717) is 17.1 Å². The Balaban J connectivity index is 1.75. The molecule has 154 valence electrons. The number of hydrogen-bond donors (Lipinski definition) is 2. The molecule has 0 fully saturated rings. The molecule has 0 saturated carbocycles. The van der Waals surface area contributed by atoms with E-state index >= 15 is 0 Å². The average molecular weight is 427 g/mol. The normalized spacial score (nSPS) is 10.8. The lowest BCUT2D eigenvalue weighted by Crippen LogP contribution is -2.14. The van der Waals surface area contributed by atoms with Gasteiger partial charge < -0.3 is 10.1 Å². The zero-order valence-electron chi connectivity index (χ0n) is 15.7. The Morgan fingerprint density at radius 2 is 1.70 bits per heavy atom. The van der Waals surface area contributed by atoms with E-state index in [9.17, 15) is 23.3 Å². The van der Waals surface area contributed by atoms with Crippen LogP contribution >= 0.6 is 0 Å². The molecular weight excluding hydrogens is 410 g/mol. The maximum atomic E-state index is 12.6. The highest BCUT2D eigenvalue weighted by molar-refractivity contribution is 7.92. The van der Waals surface area contributed by atoms with Crippen molar-refractivity contribution in [2.24, 2.45) is 0 Å². The van der Waals surface area contributed by atoms with Gasteiger partial charge in [0, 0.05) is 23.4 Å². The molecule has 0 unspecified atom stereocenters. The molecule has 3 aromatic rings. The van der Waals surface area contributed by atoms with Gasteiger partial charge in [0.15, 0.2) is 0 Å². The van der Waals surface area contributed by atoms with Crippen molar-refractivity contribution in [3.63, 3.8) is 0 Å². The van der Waals surface area contributed by atoms with Crippen molar-refractivity contribution in [1.29, 1.82) is 0 Å². The fourth-order valence-electron chi connectivity index (χ4n) is 2.61. The van der Waals surface area contributed by atoms with Crippen LogP contribution in [0.3, 0.4) is 0 Å². The number of sulfonamides is 1. The minimum Gasteiger partial charge on any atom is -0.495 e. The monoisotopic (exact) mass is 427 g/mol. The van der Waals surface area contributed by atoms with Crippen molar-refractivity contribution < 1.29 is 22.9 Å². The molecule has 10 heteroatoms. The molecule has 0 aliphatic carbocycles. The van der Waals surface area contributed by atoms with Gasteiger partial charge in [-0.1, -0.05) is 18.2 Å². The van der Waals surface area contributed by atoms with Gasteiger partial charge in [-0.3, -0.25) is 19.6 Å². The van der Waals surface area contributed by atoms with Crippen LogP contribution in [0, 0.1) is 10.1 Å². The summed E-state index contributed by atoms with van der Waals surface area (Å²) in [4.78, 5) is 22.5. The predicted octanol–water partition coefficient (Wildman–Crippen LogP) is 3.66. The smallest absolute Gasteiger partial charge is 0.270 e. The summed E-state index contributed by atoms with van der Waals surface area (Å²) < 4.78 is 32.8. The number of hydrogen-bond acceptors (Lipinski definition) is 6. The SMILES string of the molecule is COc1ccccc1NS(=O)(=O)c1ccc(NC(=O)c2cccc([N+](=O)[O-])c2)cc1. The molecule has 0 atom stereocenters. The van der Waals surface area contributed by atoms with Crippen molar-refractivity contribution >= 4 is 33.0 Å². The van der Waals surface area contributed by atoms with Crippen molar-refractivity contribution in [2.45, 2.75) is 4.90 Å². The second kappa shape index (κ2) is 8.62. The summed E-state index contributed by atoms with van der Waals surface area (Å²) in [6, 6.07) is 17.4. The molecule has 0 radical (unpaired) electrons. The van der Waals surface area contributed by atoms with E-state index in [0.717, 1.165) is 6.07 Å². The van der Waals surface area contributed by atoms with E-state index in [-0.39, 0.29) is 16.1 Å². The van der Waals surface area contributed by atoms with Crippen LogP contribution in [-0.4, -0.2) is 26.4 Å². The molecule has 0 bridgehead atoms. The topological polar surface area (TPSA) is 128 Å². The molecule has 0 aromatic heterocycles. The highest BCUT2D eigenvalue weighted by atomic mass is 32.2. The third kappa shape index (κ3) is 4.73. The van der Waals surface area contributed by atoms with Crippen LogP contribution in [0.15, 0.2) is 77.7 Å². The van der Waals surface area contributed by atoms with Crippen LogP contribution in [0.4, 0.5) is 17.1 Å². The van der Waals surface area contributed by atoms with Gasteiger partial charge in [0.25, 0.3) is 21.6 Å². The number of nitrogens with one attached hydrogen (secondary N) is 2. The second-order valence-corrected chi connectivity index (χ2v) is 7.77. The fourth-order valence-corrected chi connectivity index (χ4v) is 3.68. The maximum Gasteiger partial charge on any atom is 0.270 e. The molecule has 3 rings (SSSR count). The van der Waals surface area contributed by atoms with Gasteiger partial charge >= 0.3 is 0 Å². The Labute approximate surface area is 172 Å². The second-order valence-electron chi connectivity index (χ2n) is 6.09. The van der Waals surface area contributed by atoms with Crippen molar-refractivity contribution in [1.82, 2.24) is 0 Å². The Bertz CT molecular complexity index is 1190. The van der Waals surface area contributed by atoms with E-state index in [4.69, 9.17) is 4.74 Å². The van der Waals surface area contributed by atoms with Crippen LogP contribution in [0.2, 0.25) is 0 Å². The third-order valence-electron chi connectivity index (χ3n) is 4.09.